The number of carbonyl (C=O) groups is 1. The number of fused-ring (bicyclic) bond motifs is 1. The molecule has 33 heavy (non-hydrogen) atoms. The summed E-state index contributed by atoms with van der Waals surface area (Å²) in [6.45, 7) is 1.91. The Kier molecular flexibility index (Phi) is 5.41. The highest BCUT2D eigenvalue weighted by molar-refractivity contribution is 7.99. The summed E-state index contributed by atoms with van der Waals surface area (Å²) in [5, 5.41) is 9.66. The lowest BCUT2D eigenvalue weighted by molar-refractivity contribution is -0.129. The minimum absolute atomic E-state index is 0.0705. The van der Waals surface area contributed by atoms with Crippen LogP contribution in [-0.4, -0.2) is 56.1 Å². The van der Waals surface area contributed by atoms with Crippen molar-refractivity contribution in [1.82, 2.24) is 24.6 Å². The van der Waals surface area contributed by atoms with Crippen LogP contribution >= 0.6 is 11.8 Å². The monoisotopic (exact) mass is 463 g/mol. The summed E-state index contributed by atoms with van der Waals surface area (Å²) in [5.41, 5.74) is 2.06. The Morgan fingerprint density at radius 1 is 1.09 bits per heavy atom. The maximum absolute atomic E-state index is 13.2. The summed E-state index contributed by atoms with van der Waals surface area (Å²) in [6, 6.07) is 10.4. The average Bonchev–Trinajstić information content (AvgIpc) is 3.41. The molecule has 1 aromatic carbocycles. The van der Waals surface area contributed by atoms with Gasteiger partial charge in [-0.1, -0.05) is 17.8 Å². The van der Waals surface area contributed by atoms with Crippen molar-refractivity contribution in [3.05, 3.63) is 48.3 Å². The standard InChI is InChI=1S/C24H25N5O3S/c30-22(28-10-2-4-19(28)16-5-8-20-21(13-16)32-12-11-31-20)15-33-24-27-26-23(29(24)18-6-7-18)17-3-1-9-25-14-17/h1,3,5,8-9,13-14,18-19H,2,4,6-7,10-12,15H2/t19-/m1/s1. The molecule has 0 unspecified atom stereocenters. The minimum atomic E-state index is 0.0705. The minimum Gasteiger partial charge on any atom is -0.486 e. The van der Waals surface area contributed by atoms with Crippen LogP contribution in [0.4, 0.5) is 0 Å². The van der Waals surface area contributed by atoms with Gasteiger partial charge in [-0.2, -0.15) is 0 Å². The number of hydrogen-bond acceptors (Lipinski definition) is 7. The van der Waals surface area contributed by atoms with Gasteiger partial charge in [0.2, 0.25) is 5.91 Å². The molecule has 8 nitrogen and oxygen atoms in total. The van der Waals surface area contributed by atoms with Crippen molar-refractivity contribution in [3.63, 3.8) is 0 Å². The maximum Gasteiger partial charge on any atom is 0.233 e. The van der Waals surface area contributed by atoms with Gasteiger partial charge in [-0.15, -0.1) is 10.2 Å². The molecule has 2 fully saturated rings. The third-order valence-electron chi connectivity index (χ3n) is 6.35. The second-order valence-corrected chi connectivity index (χ2v) is 9.53. The molecule has 2 aromatic heterocycles. The van der Waals surface area contributed by atoms with E-state index in [1.165, 1.54) is 11.8 Å². The fraction of sp³-hybridized carbons (Fsp3) is 0.417. The molecule has 6 rings (SSSR count). The lowest BCUT2D eigenvalue weighted by Gasteiger charge is -2.26. The number of ether oxygens (including phenoxy) is 2. The van der Waals surface area contributed by atoms with E-state index in [1.54, 1.807) is 6.20 Å². The first-order valence-electron chi connectivity index (χ1n) is 11.4. The second-order valence-electron chi connectivity index (χ2n) is 8.59. The Hall–Kier alpha value is -3.07. The lowest BCUT2D eigenvalue weighted by Crippen LogP contribution is -2.32. The van der Waals surface area contributed by atoms with Crippen LogP contribution in [0.5, 0.6) is 11.5 Å². The first-order valence-corrected chi connectivity index (χ1v) is 12.4. The van der Waals surface area contributed by atoms with E-state index in [0.717, 1.165) is 65.8 Å². The quantitative estimate of drug-likeness (QED) is 0.513. The van der Waals surface area contributed by atoms with Crippen LogP contribution in [-0.2, 0) is 4.79 Å². The zero-order valence-electron chi connectivity index (χ0n) is 18.2. The number of amides is 1. The van der Waals surface area contributed by atoms with E-state index in [2.05, 4.69) is 25.8 Å². The van der Waals surface area contributed by atoms with Crippen LogP contribution in [0.3, 0.4) is 0 Å². The normalized spacial score (nSPS) is 19.6. The zero-order chi connectivity index (χ0) is 22.2. The summed E-state index contributed by atoms with van der Waals surface area (Å²) in [5.74, 6) is 2.86. The predicted molar refractivity (Wildman–Crippen MR) is 123 cm³/mol. The summed E-state index contributed by atoms with van der Waals surface area (Å²) in [4.78, 5) is 19.5. The van der Waals surface area contributed by atoms with Crippen LogP contribution in [0.15, 0.2) is 47.9 Å². The molecule has 1 saturated carbocycles. The van der Waals surface area contributed by atoms with Crippen molar-refractivity contribution in [3.8, 4) is 22.9 Å². The second kappa shape index (κ2) is 8.70. The van der Waals surface area contributed by atoms with Crippen LogP contribution in [0.1, 0.15) is 43.3 Å². The Bertz CT molecular complexity index is 1160. The Balaban J connectivity index is 1.18. The first kappa shape index (κ1) is 20.5. The Labute approximate surface area is 196 Å². The molecule has 3 aromatic rings. The highest BCUT2D eigenvalue weighted by Gasteiger charge is 2.33. The van der Waals surface area contributed by atoms with Crippen molar-refractivity contribution in [2.24, 2.45) is 0 Å². The van der Waals surface area contributed by atoms with E-state index in [1.807, 2.05) is 35.4 Å². The molecule has 170 valence electrons. The van der Waals surface area contributed by atoms with E-state index in [4.69, 9.17) is 9.47 Å². The molecular weight excluding hydrogens is 438 g/mol. The largest absolute Gasteiger partial charge is 0.486 e. The van der Waals surface area contributed by atoms with E-state index in [9.17, 15) is 4.79 Å². The van der Waals surface area contributed by atoms with Gasteiger partial charge in [0.1, 0.15) is 13.2 Å². The van der Waals surface area contributed by atoms with E-state index in [0.29, 0.717) is 25.0 Å². The number of nitrogens with zero attached hydrogens (tertiary/aromatic N) is 5. The molecule has 0 bridgehead atoms. The number of hydrogen-bond donors (Lipinski definition) is 0. The summed E-state index contributed by atoms with van der Waals surface area (Å²) in [6.07, 6.45) is 7.75. The number of pyridine rings is 1. The fourth-order valence-corrected chi connectivity index (χ4v) is 5.51. The molecule has 9 heteroatoms. The Morgan fingerprint density at radius 3 is 2.79 bits per heavy atom. The molecule has 0 radical (unpaired) electrons. The first-order chi connectivity index (χ1) is 16.3. The maximum atomic E-state index is 13.2. The number of aromatic nitrogens is 4. The highest BCUT2D eigenvalue weighted by atomic mass is 32.2. The summed E-state index contributed by atoms with van der Waals surface area (Å²) < 4.78 is 13.6. The van der Waals surface area contributed by atoms with Gasteiger partial charge < -0.3 is 14.4 Å². The molecule has 1 amide bonds. The smallest absolute Gasteiger partial charge is 0.233 e. The molecule has 0 spiro atoms. The lowest BCUT2D eigenvalue weighted by atomic mass is 10.0. The number of likely N-dealkylation sites (tertiary alicyclic amines) is 1. The third kappa shape index (κ3) is 4.06. The summed E-state index contributed by atoms with van der Waals surface area (Å²) in [7, 11) is 0. The average molecular weight is 464 g/mol. The van der Waals surface area contributed by atoms with Crippen molar-refractivity contribution >= 4 is 17.7 Å². The van der Waals surface area contributed by atoms with Gasteiger partial charge >= 0.3 is 0 Å². The fourth-order valence-electron chi connectivity index (χ4n) is 4.62. The van der Waals surface area contributed by atoms with E-state index in [-0.39, 0.29) is 11.9 Å². The van der Waals surface area contributed by atoms with Crippen molar-refractivity contribution in [2.45, 2.75) is 42.9 Å². The van der Waals surface area contributed by atoms with Crippen LogP contribution in [0.25, 0.3) is 11.4 Å². The van der Waals surface area contributed by atoms with Crippen molar-refractivity contribution in [1.29, 1.82) is 0 Å². The van der Waals surface area contributed by atoms with Crippen LogP contribution < -0.4 is 9.47 Å². The van der Waals surface area contributed by atoms with Gasteiger partial charge in [0.15, 0.2) is 22.5 Å². The van der Waals surface area contributed by atoms with E-state index >= 15 is 0 Å². The van der Waals surface area contributed by atoms with Gasteiger partial charge in [0.25, 0.3) is 0 Å². The van der Waals surface area contributed by atoms with Crippen molar-refractivity contribution in [2.75, 3.05) is 25.5 Å². The molecule has 1 atom stereocenters. The van der Waals surface area contributed by atoms with Gasteiger partial charge in [0.05, 0.1) is 11.8 Å². The molecular formula is C24H25N5O3S. The van der Waals surface area contributed by atoms with Crippen LogP contribution in [0.2, 0.25) is 0 Å². The number of carbonyl (C=O) groups excluding carboxylic acids is 1. The van der Waals surface area contributed by atoms with E-state index < -0.39 is 0 Å². The Morgan fingerprint density at radius 2 is 1.97 bits per heavy atom. The zero-order valence-corrected chi connectivity index (χ0v) is 19.0. The predicted octanol–water partition coefficient (Wildman–Crippen LogP) is 3.90. The van der Waals surface area contributed by atoms with Gasteiger partial charge in [-0.05, 0) is 55.5 Å². The number of rotatable bonds is 6. The molecule has 4 heterocycles. The summed E-state index contributed by atoms with van der Waals surface area (Å²) >= 11 is 1.48. The van der Waals surface area contributed by atoms with Gasteiger partial charge in [0, 0.05) is 30.5 Å². The molecule has 2 aliphatic heterocycles. The third-order valence-corrected chi connectivity index (χ3v) is 7.27. The van der Waals surface area contributed by atoms with Gasteiger partial charge in [-0.25, -0.2) is 0 Å². The number of thioether (sulfide) groups is 1. The van der Waals surface area contributed by atoms with Crippen molar-refractivity contribution < 1.29 is 14.3 Å². The number of benzene rings is 1. The SMILES string of the molecule is O=C(CSc1nnc(-c2cccnc2)n1C1CC1)N1CCC[C@@H]1c1ccc2c(c1)OCCO2. The molecule has 3 aliphatic rings. The molecule has 0 N–H and O–H groups in total. The topological polar surface area (TPSA) is 82.4 Å². The van der Waals surface area contributed by atoms with Gasteiger partial charge in [-0.3, -0.25) is 14.3 Å². The molecule has 1 aliphatic carbocycles. The highest BCUT2D eigenvalue weighted by Crippen LogP contribution is 2.42. The molecule has 1 saturated heterocycles. The van der Waals surface area contributed by atoms with Crippen LogP contribution in [0, 0.1) is 0 Å².